The van der Waals surface area contributed by atoms with Gasteiger partial charge in [0.05, 0.1) is 17.7 Å². The van der Waals surface area contributed by atoms with E-state index in [1.807, 2.05) is 20.8 Å². The average Bonchev–Trinajstić information content (AvgIpc) is 2.76. The van der Waals surface area contributed by atoms with Gasteiger partial charge in [0.1, 0.15) is 12.4 Å². The van der Waals surface area contributed by atoms with Crippen molar-refractivity contribution in [2.75, 3.05) is 45.7 Å². The lowest BCUT2D eigenvalue weighted by molar-refractivity contribution is -0.133. The maximum Gasteiger partial charge on any atom is 0.319 e. The molecule has 3 atom stereocenters. The Labute approximate surface area is 190 Å². The summed E-state index contributed by atoms with van der Waals surface area (Å²) in [4.78, 5) is 40.9. The second kappa shape index (κ2) is 11.7. The third-order valence-electron chi connectivity index (χ3n) is 5.64. The molecule has 9 heteroatoms. The fourth-order valence-electron chi connectivity index (χ4n) is 3.70. The molecular formula is C23H36N4O5. The highest BCUT2D eigenvalue weighted by Gasteiger charge is 2.29. The molecule has 1 aromatic rings. The van der Waals surface area contributed by atoms with Crippen molar-refractivity contribution in [1.82, 2.24) is 15.1 Å². The number of hydrogen-bond acceptors (Lipinski definition) is 5. The van der Waals surface area contributed by atoms with Gasteiger partial charge >= 0.3 is 6.03 Å². The summed E-state index contributed by atoms with van der Waals surface area (Å²) in [5, 5.41) is 5.51. The van der Waals surface area contributed by atoms with Gasteiger partial charge in [-0.3, -0.25) is 9.59 Å². The maximum absolute atomic E-state index is 13.2. The van der Waals surface area contributed by atoms with Crippen LogP contribution in [0, 0.1) is 5.92 Å². The summed E-state index contributed by atoms with van der Waals surface area (Å²) in [5.74, 6) is 0.127. The minimum atomic E-state index is -0.323. The Hall–Kier alpha value is -2.81. The molecule has 9 nitrogen and oxygen atoms in total. The van der Waals surface area contributed by atoms with Crippen LogP contribution in [0.3, 0.4) is 0 Å². The average molecular weight is 449 g/mol. The number of amides is 4. The quantitative estimate of drug-likeness (QED) is 0.737. The van der Waals surface area contributed by atoms with Crippen LogP contribution in [0.15, 0.2) is 18.2 Å². The van der Waals surface area contributed by atoms with Crippen molar-refractivity contribution in [1.29, 1.82) is 0 Å². The second-order valence-electron chi connectivity index (χ2n) is 8.36. The third kappa shape index (κ3) is 6.59. The van der Waals surface area contributed by atoms with E-state index in [2.05, 4.69) is 10.6 Å². The Balaban J connectivity index is 2.38. The standard InChI is InChI=1S/C23H36N4O5/c1-7-10-24-23(30)25-18-8-9-19-20(11-18)32-14-16(3)27(17(4)28)12-15(2)21(31-6)13-26(5)22(19)29/h8-9,11,15-16,21H,7,10,12-14H2,1-6H3,(H2,24,25,30)/t15-,16-,21-/m1/s1. The van der Waals surface area contributed by atoms with E-state index in [0.29, 0.717) is 36.6 Å². The van der Waals surface area contributed by atoms with Crippen LogP contribution in [0.5, 0.6) is 5.75 Å². The number of hydrogen-bond donors (Lipinski definition) is 2. The minimum Gasteiger partial charge on any atom is -0.491 e. The van der Waals surface area contributed by atoms with Gasteiger partial charge < -0.3 is 29.9 Å². The number of benzene rings is 1. The topological polar surface area (TPSA) is 100 Å². The summed E-state index contributed by atoms with van der Waals surface area (Å²) in [7, 11) is 3.33. The lowest BCUT2D eigenvalue weighted by Gasteiger charge is -2.35. The van der Waals surface area contributed by atoms with Crippen LogP contribution in [-0.4, -0.2) is 80.2 Å². The summed E-state index contributed by atoms with van der Waals surface area (Å²) in [6, 6.07) is 4.43. The number of carbonyl (C=O) groups excluding carboxylic acids is 3. The lowest BCUT2D eigenvalue weighted by atomic mass is 10.0. The van der Waals surface area contributed by atoms with Crippen molar-refractivity contribution in [3.63, 3.8) is 0 Å². The van der Waals surface area contributed by atoms with Gasteiger partial charge in [0.2, 0.25) is 5.91 Å². The minimum absolute atomic E-state index is 0.0220. The largest absolute Gasteiger partial charge is 0.491 e. The van der Waals surface area contributed by atoms with Gasteiger partial charge in [0, 0.05) is 58.4 Å². The van der Waals surface area contributed by atoms with E-state index in [0.717, 1.165) is 6.42 Å². The lowest BCUT2D eigenvalue weighted by Crippen LogP contribution is -2.48. The molecule has 1 heterocycles. The van der Waals surface area contributed by atoms with Crippen molar-refractivity contribution >= 4 is 23.5 Å². The van der Waals surface area contributed by atoms with Gasteiger partial charge in [-0.05, 0) is 25.5 Å². The second-order valence-corrected chi connectivity index (χ2v) is 8.36. The molecule has 1 aliphatic rings. The van der Waals surface area contributed by atoms with E-state index in [1.165, 1.54) is 6.92 Å². The Morgan fingerprint density at radius 3 is 2.59 bits per heavy atom. The van der Waals surface area contributed by atoms with E-state index in [9.17, 15) is 14.4 Å². The fourth-order valence-corrected chi connectivity index (χ4v) is 3.70. The van der Waals surface area contributed by atoms with Crippen molar-refractivity contribution in [2.24, 2.45) is 5.92 Å². The first-order valence-electron chi connectivity index (χ1n) is 11.0. The number of nitrogens with one attached hydrogen (secondary N) is 2. The highest BCUT2D eigenvalue weighted by Crippen LogP contribution is 2.26. The van der Waals surface area contributed by atoms with Gasteiger partial charge in [-0.25, -0.2) is 4.79 Å². The summed E-state index contributed by atoms with van der Waals surface area (Å²) in [6.07, 6.45) is 0.595. The molecule has 0 unspecified atom stereocenters. The molecule has 2 N–H and O–H groups in total. The molecule has 0 fully saturated rings. The molecule has 4 amide bonds. The zero-order chi connectivity index (χ0) is 23.8. The van der Waals surface area contributed by atoms with Crippen LogP contribution < -0.4 is 15.4 Å². The van der Waals surface area contributed by atoms with E-state index in [-0.39, 0.29) is 42.5 Å². The number of nitrogens with zero attached hydrogens (tertiary/aromatic N) is 2. The van der Waals surface area contributed by atoms with Crippen molar-refractivity contribution in [3.8, 4) is 5.75 Å². The maximum atomic E-state index is 13.2. The highest BCUT2D eigenvalue weighted by atomic mass is 16.5. The van der Waals surface area contributed by atoms with Crippen molar-refractivity contribution in [2.45, 2.75) is 46.3 Å². The molecule has 1 aliphatic heterocycles. The number of likely N-dealkylation sites (N-methyl/N-ethyl adjacent to an activating group) is 1. The number of urea groups is 1. The molecule has 0 spiro atoms. The molecule has 2 rings (SSSR count). The first-order chi connectivity index (χ1) is 15.2. The molecule has 0 aromatic heterocycles. The third-order valence-corrected chi connectivity index (χ3v) is 5.64. The van der Waals surface area contributed by atoms with Crippen LogP contribution in [0.2, 0.25) is 0 Å². The number of methoxy groups -OCH3 is 1. The molecule has 1 aromatic carbocycles. The molecule has 178 valence electrons. The summed E-state index contributed by atoms with van der Waals surface area (Å²) >= 11 is 0. The number of rotatable bonds is 4. The molecule has 32 heavy (non-hydrogen) atoms. The molecule has 0 saturated heterocycles. The van der Waals surface area contributed by atoms with Crippen molar-refractivity contribution in [3.05, 3.63) is 23.8 Å². The zero-order valence-corrected chi connectivity index (χ0v) is 19.9. The Kier molecular flexibility index (Phi) is 9.31. The van der Waals surface area contributed by atoms with E-state index in [1.54, 1.807) is 42.2 Å². The monoisotopic (exact) mass is 448 g/mol. The van der Waals surface area contributed by atoms with Crippen molar-refractivity contribution < 1.29 is 23.9 Å². The number of fused-ring (bicyclic) bond motifs is 1. The van der Waals surface area contributed by atoms with Gasteiger partial charge in [0.25, 0.3) is 5.91 Å². The van der Waals surface area contributed by atoms with Gasteiger partial charge in [-0.15, -0.1) is 0 Å². The predicted molar refractivity (Wildman–Crippen MR) is 123 cm³/mol. The smallest absolute Gasteiger partial charge is 0.319 e. The summed E-state index contributed by atoms with van der Waals surface area (Å²) in [5.41, 5.74) is 0.899. The number of anilines is 1. The van der Waals surface area contributed by atoms with Crippen LogP contribution in [0.25, 0.3) is 0 Å². The van der Waals surface area contributed by atoms with Gasteiger partial charge in [-0.2, -0.15) is 0 Å². The first kappa shape index (κ1) is 25.5. The Bertz CT molecular complexity index is 816. The zero-order valence-electron chi connectivity index (χ0n) is 19.9. The fraction of sp³-hybridized carbons (Fsp3) is 0.609. The highest BCUT2D eigenvalue weighted by molar-refractivity contribution is 5.98. The van der Waals surface area contributed by atoms with Crippen LogP contribution in [0.4, 0.5) is 10.5 Å². The SMILES string of the molecule is CCCNC(=O)Nc1ccc2c(c1)OC[C@@H](C)N(C(C)=O)C[C@@H](C)[C@H](OC)CN(C)C2=O. The van der Waals surface area contributed by atoms with Crippen LogP contribution in [0.1, 0.15) is 44.5 Å². The molecule has 0 aliphatic carbocycles. The van der Waals surface area contributed by atoms with Gasteiger partial charge in [0.15, 0.2) is 0 Å². The van der Waals surface area contributed by atoms with Crippen LogP contribution >= 0.6 is 0 Å². The normalized spacial score (nSPS) is 22.2. The van der Waals surface area contributed by atoms with Gasteiger partial charge in [-0.1, -0.05) is 13.8 Å². The summed E-state index contributed by atoms with van der Waals surface area (Å²) < 4.78 is 11.7. The predicted octanol–water partition coefficient (Wildman–Crippen LogP) is 2.57. The van der Waals surface area contributed by atoms with E-state index < -0.39 is 0 Å². The Morgan fingerprint density at radius 2 is 1.97 bits per heavy atom. The number of ether oxygens (including phenoxy) is 2. The molecule has 0 radical (unpaired) electrons. The van der Waals surface area contributed by atoms with E-state index >= 15 is 0 Å². The molecular weight excluding hydrogens is 412 g/mol. The molecule has 0 saturated carbocycles. The summed E-state index contributed by atoms with van der Waals surface area (Å²) in [6.45, 7) is 9.07. The molecule has 0 bridgehead atoms. The first-order valence-corrected chi connectivity index (χ1v) is 11.0. The van der Waals surface area contributed by atoms with Crippen LogP contribution in [-0.2, 0) is 9.53 Å². The van der Waals surface area contributed by atoms with E-state index in [4.69, 9.17) is 9.47 Å². The number of carbonyl (C=O) groups is 3. The Morgan fingerprint density at radius 1 is 1.25 bits per heavy atom.